The van der Waals surface area contributed by atoms with Crippen LogP contribution in [0.2, 0.25) is 0 Å². The molecular weight excluding hydrogens is 709 g/mol. The van der Waals surface area contributed by atoms with Gasteiger partial charge in [0, 0.05) is 45.2 Å². The van der Waals surface area contributed by atoms with Crippen molar-refractivity contribution in [3.63, 3.8) is 0 Å². The SMILES string of the molecule is c1ccc(-n2c3ccccc3c3ccc4c(c5ccc([Si](c6ccccc6)(c6ccccc6)c6cccc(-c7ccccn7)c6)cc5n4-c4ccccn4)c32)cc1. The molecule has 0 amide bonds. The second-order valence-corrected chi connectivity index (χ2v) is 18.4. The maximum atomic E-state index is 5.00. The second kappa shape index (κ2) is 13.4. The Bertz CT molecular complexity index is 3170. The number of pyridine rings is 2. The first-order valence-electron chi connectivity index (χ1n) is 19.4. The molecule has 268 valence electrons. The monoisotopic (exact) mass is 744 g/mol. The summed E-state index contributed by atoms with van der Waals surface area (Å²) in [6, 6.07) is 75.1. The molecule has 0 saturated heterocycles. The molecule has 11 rings (SSSR count). The first-order chi connectivity index (χ1) is 28.3. The molecule has 0 saturated carbocycles. The molecule has 4 heterocycles. The van der Waals surface area contributed by atoms with E-state index in [4.69, 9.17) is 9.97 Å². The van der Waals surface area contributed by atoms with Gasteiger partial charge in [-0.15, -0.1) is 0 Å². The van der Waals surface area contributed by atoms with E-state index in [9.17, 15) is 0 Å². The van der Waals surface area contributed by atoms with Crippen molar-refractivity contribution >= 4 is 72.4 Å². The van der Waals surface area contributed by atoms with Gasteiger partial charge >= 0.3 is 0 Å². The van der Waals surface area contributed by atoms with Crippen molar-refractivity contribution in [2.24, 2.45) is 0 Å². The second-order valence-electron chi connectivity index (χ2n) is 14.6. The number of benzene rings is 7. The van der Waals surface area contributed by atoms with Gasteiger partial charge < -0.3 is 4.57 Å². The van der Waals surface area contributed by atoms with Crippen LogP contribution in [-0.2, 0) is 0 Å². The van der Waals surface area contributed by atoms with Crippen molar-refractivity contribution in [2.75, 3.05) is 0 Å². The average molecular weight is 745 g/mol. The molecule has 0 fully saturated rings. The molecule has 11 aromatic rings. The van der Waals surface area contributed by atoms with Crippen LogP contribution in [0.25, 0.3) is 66.4 Å². The molecule has 0 bridgehead atoms. The lowest BCUT2D eigenvalue weighted by Crippen LogP contribution is -2.74. The van der Waals surface area contributed by atoms with Gasteiger partial charge in [-0.3, -0.25) is 9.55 Å². The Kier molecular flexibility index (Phi) is 7.79. The predicted molar refractivity (Wildman–Crippen MR) is 240 cm³/mol. The maximum Gasteiger partial charge on any atom is 0.179 e. The highest BCUT2D eigenvalue weighted by molar-refractivity contribution is 7.20. The van der Waals surface area contributed by atoms with Gasteiger partial charge in [0.15, 0.2) is 8.07 Å². The zero-order valence-corrected chi connectivity index (χ0v) is 32.1. The summed E-state index contributed by atoms with van der Waals surface area (Å²) < 4.78 is 4.82. The van der Waals surface area contributed by atoms with E-state index in [1.165, 1.54) is 53.3 Å². The minimum Gasteiger partial charge on any atom is -0.309 e. The molecule has 4 nitrogen and oxygen atoms in total. The molecule has 4 aromatic heterocycles. The van der Waals surface area contributed by atoms with Crippen LogP contribution in [0, 0.1) is 0 Å². The third kappa shape index (κ3) is 5.13. The van der Waals surface area contributed by atoms with Crippen molar-refractivity contribution in [2.45, 2.75) is 0 Å². The van der Waals surface area contributed by atoms with Crippen molar-refractivity contribution in [1.29, 1.82) is 0 Å². The van der Waals surface area contributed by atoms with E-state index in [1.54, 1.807) is 0 Å². The van der Waals surface area contributed by atoms with Gasteiger partial charge in [0.05, 0.1) is 27.8 Å². The van der Waals surface area contributed by atoms with Crippen molar-refractivity contribution < 1.29 is 0 Å². The van der Waals surface area contributed by atoms with Crippen LogP contribution in [0.5, 0.6) is 0 Å². The molecule has 0 spiro atoms. The average Bonchev–Trinajstić information content (AvgIpc) is 3.81. The van der Waals surface area contributed by atoms with Gasteiger partial charge in [0.25, 0.3) is 0 Å². The topological polar surface area (TPSA) is 35.6 Å². The van der Waals surface area contributed by atoms with Gasteiger partial charge in [-0.25, -0.2) is 4.98 Å². The molecule has 0 N–H and O–H groups in total. The van der Waals surface area contributed by atoms with Crippen LogP contribution in [0.3, 0.4) is 0 Å². The number of hydrogen-bond donors (Lipinski definition) is 0. The van der Waals surface area contributed by atoms with Crippen LogP contribution < -0.4 is 20.7 Å². The predicted octanol–water partition coefficient (Wildman–Crippen LogP) is 9.72. The molecule has 0 unspecified atom stereocenters. The highest BCUT2D eigenvalue weighted by Gasteiger charge is 2.42. The normalized spacial score (nSPS) is 11.9. The lowest BCUT2D eigenvalue weighted by molar-refractivity contribution is 1.08. The zero-order chi connectivity index (χ0) is 37.8. The van der Waals surface area contributed by atoms with Crippen LogP contribution in [0.1, 0.15) is 0 Å². The smallest absolute Gasteiger partial charge is 0.179 e. The largest absolute Gasteiger partial charge is 0.309 e. The third-order valence-corrected chi connectivity index (χ3v) is 16.3. The molecule has 57 heavy (non-hydrogen) atoms. The van der Waals surface area contributed by atoms with Crippen molar-refractivity contribution in [3.8, 4) is 22.8 Å². The van der Waals surface area contributed by atoms with E-state index in [0.717, 1.165) is 33.8 Å². The van der Waals surface area contributed by atoms with E-state index >= 15 is 0 Å². The van der Waals surface area contributed by atoms with E-state index in [2.05, 4.69) is 203 Å². The standard InChI is InChI=1S/C52H36N4Si/c1-4-18-38(19-5-1)55-47-27-11-10-25-43(47)44-31-32-48-51(52(44)55)45-30-29-42(36-49(45)56(48)50-28-13-15-34-54-50)57(39-20-6-2-7-21-39,40-22-8-3-9-23-40)41-24-16-17-37(35-41)46-26-12-14-33-53-46/h1-36H. The quantitative estimate of drug-likeness (QED) is 0.120. The first-order valence-corrected chi connectivity index (χ1v) is 21.4. The molecule has 0 atom stereocenters. The Balaban J connectivity index is 1.30. The highest BCUT2D eigenvalue weighted by atomic mass is 28.3. The van der Waals surface area contributed by atoms with Gasteiger partial charge in [-0.2, -0.15) is 0 Å². The maximum absolute atomic E-state index is 5.00. The number of rotatable bonds is 7. The van der Waals surface area contributed by atoms with Gasteiger partial charge in [-0.05, 0) is 75.3 Å². The van der Waals surface area contributed by atoms with Crippen LogP contribution in [-0.4, -0.2) is 27.2 Å². The molecular formula is C52H36N4Si. The number of para-hydroxylation sites is 2. The summed E-state index contributed by atoms with van der Waals surface area (Å²) in [6.45, 7) is 0. The minimum atomic E-state index is -2.96. The van der Waals surface area contributed by atoms with Gasteiger partial charge in [0.2, 0.25) is 0 Å². The van der Waals surface area contributed by atoms with E-state index < -0.39 is 8.07 Å². The van der Waals surface area contributed by atoms with Gasteiger partial charge in [-0.1, -0.05) is 152 Å². The fourth-order valence-corrected chi connectivity index (χ4v) is 14.0. The Hall–Kier alpha value is -7.34. The van der Waals surface area contributed by atoms with Crippen molar-refractivity contribution in [1.82, 2.24) is 19.1 Å². The van der Waals surface area contributed by atoms with Crippen LogP contribution >= 0.6 is 0 Å². The third-order valence-electron chi connectivity index (χ3n) is 11.6. The molecule has 0 aliphatic heterocycles. The Morgan fingerprint density at radius 1 is 0.368 bits per heavy atom. The molecule has 0 aliphatic rings. The van der Waals surface area contributed by atoms with E-state index in [-0.39, 0.29) is 0 Å². The molecule has 7 aromatic carbocycles. The Labute approximate surface area is 331 Å². The number of fused-ring (bicyclic) bond motifs is 7. The van der Waals surface area contributed by atoms with Crippen LogP contribution in [0.15, 0.2) is 219 Å². The molecule has 0 radical (unpaired) electrons. The summed E-state index contributed by atoms with van der Waals surface area (Å²) in [5, 5.41) is 10.1. The summed E-state index contributed by atoms with van der Waals surface area (Å²) in [6.07, 6.45) is 3.77. The summed E-state index contributed by atoms with van der Waals surface area (Å²) >= 11 is 0. The number of aromatic nitrogens is 4. The number of hydrogen-bond acceptors (Lipinski definition) is 2. The van der Waals surface area contributed by atoms with Crippen molar-refractivity contribution in [3.05, 3.63) is 219 Å². The summed E-state index contributed by atoms with van der Waals surface area (Å²) in [4.78, 5) is 9.77. The minimum absolute atomic E-state index is 0.889. The number of nitrogens with zero attached hydrogens (tertiary/aromatic N) is 4. The zero-order valence-electron chi connectivity index (χ0n) is 31.1. The van der Waals surface area contributed by atoms with E-state index in [1.807, 2.05) is 24.5 Å². The van der Waals surface area contributed by atoms with Crippen LogP contribution in [0.4, 0.5) is 0 Å². The Morgan fingerprint density at radius 2 is 1.00 bits per heavy atom. The fraction of sp³-hybridized carbons (Fsp3) is 0. The van der Waals surface area contributed by atoms with E-state index in [0.29, 0.717) is 0 Å². The summed E-state index contributed by atoms with van der Waals surface area (Å²) in [5.74, 6) is 0.889. The summed E-state index contributed by atoms with van der Waals surface area (Å²) in [7, 11) is -2.96. The lowest BCUT2D eigenvalue weighted by atomic mass is 10.1. The fourth-order valence-electron chi connectivity index (χ4n) is 9.19. The first kappa shape index (κ1) is 33.0. The van der Waals surface area contributed by atoms with Gasteiger partial charge in [0.1, 0.15) is 5.82 Å². The molecule has 5 heteroatoms. The summed E-state index contributed by atoms with van der Waals surface area (Å²) in [5.41, 5.74) is 7.85. The highest BCUT2D eigenvalue weighted by Crippen LogP contribution is 2.41. The lowest BCUT2D eigenvalue weighted by Gasteiger charge is -2.34. The Morgan fingerprint density at radius 3 is 1.72 bits per heavy atom. The molecule has 0 aliphatic carbocycles.